The first-order chi connectivity index (χ1) is 8.57. The van der Waals surface area contributed by atoms with Crippen LogP contribution in [-0.4, -0.2) is 30.1 Å². The maximum absolute atomic E-state index is 12.3. The molecule has 0 saturated heterocycles. The second kappa shape index (κ2) is 6.50. The van der Waals surface area contributed by atoms with Crippen LogP contribution >= 0.6 is 0 Å². The van der Waals surface area contributed by atoms with Crippen LogP contribution in [-0.2, 0) is 4.74 Å². The van der Waals surface area contributed by atoms with Crippen molar-refractivity contribution in [2.24, 2.45) is 0 Å². The minimum absolute atomic E-state index is 0.0676. The summed E-state index contributed by atoms with van der Waals surface area (Å²) in [4.78, 5) is 16.4. The number of pyridine rings is 1. The van der Waals surface area contributed by atoms with Crippen molar-refractivity contribution >= 4 is 5.78 Å². The lowest BCUT2D eigenvalue weighted by Gasteiger charge is -2.24. The molecule has 1 atom stereocenters. The molecule has 1 unspecified atom stereocenters. The number of hydrogen-bond donors (Lipinski definition) is 0. The minimum atomic E-state index is -0.801. The molecular weight excluding hydrogens is 230 g/mol. The fraction of sp³-hybridized carbons (Fsp3) is 0.571. The Labute approximate surface area is 108 Å². The second-order valence-corrected chi connectivity index (χ2v) is 4.38. The molecule has 0 N–H and O–H groups in total. The van der Waals surface area contributed by atoms with Gasteiger partial charge in [-0.05, 0) is 25.8 Å². The summed E-state index contributed by atoms with van der Waals surface area (Å²) in [6, 6.07) is 1.72. The molecule has 0 aliphatic heterocycles. The standard InChI is InChI=1S/C14H21NO3/c1-5-7-18-12-8-11(9-15-10-12)13(16)14(3,6-2)17-4/h8-10H,5-7H2,1-4H3. The summed E-state index contributed by atoms with van der Waals surface area (Å²) >= 11 is 0. The van der Waals surface area contributed by atoms with E-state index in [1.165, 1.54) is 0 Å². The first kappa shape index (κ1) is 14.6. The van der Waals surface area contributed by atoms with Crippen molar-refractivity contribution in [3.63, 3.8) is 0 Å². The van der Waals surface area contributed by atoms with E-state index in [-0.39, 0.29) is 5.78 Å². The fourth-order valence-electron chi connectivity index (χ4n) is 1.54. The van der Waals surface area contributed by atoms with Crippen LogP contribution in [0.1, 0.15) is 44.0 Å². The van der Waals surface area contributed by atoms with E-state index in [1.807, 2.05) is 13.8 Å². The third-order valence-electron chi connectivity index (χ3n) is 3.05. The zero-order valence-electron chi connectivity index (χ0n) is 11.5. The van der Waals surface area contributed by atoms with Crippen molar-refractivity contribution in [1.29, 1.82) is 0 Å². The number of nitrogens with zero attached hydrogens (tertiary/aromatic N) is 1. The molecule has 4 nitrogen and oxygen atoms in total. The highest BCUT2D eigenvalue weighted by molar-refractivity contribution is 6.02. The van der Waals surface area contributed by atoms with Gasteiger partial charge in [0.1, 0.15) is 11.4 Å². The summed E-state index contributed by atoms with van der Waals surface area (Å²) in [6.07, 6.45) is 4.70. The minimum Gasteiger partial charge on any atom is -0.492 e. The summed E-state index contributed by atoms with van der Waals surface area (Å²) in [5, 5.41) is 0. The van der Waals surface area contributed by atoms with Gasteiger partial charge in [0.15, 0.2) is 5.78 Å². The van der Waals surface area contributed by atoms with E-state index >= 15 is 0 Å². The van der Waals surface area contributed by atoms with E-state index in [4.69, 9.17) is 9.47 Å². The first-order valence-electron chi connectivity index (χ1n) is 6.25. The SMILES string of the molecule is CCCOc1cncc(C(=O)C(C)(CC)OC)c1. The number of carbonyl (C=O) groups is 1. The molecule has 0 aliphatic carbocycles. The Balaban J connectivity index is 2.92. The lowest BCUT2D eigenvalue weighted by molar-refractivity contribution is 0.0105. The highest BCUT2D eigenvalue weighted by Gasteiger charge is 2.32. The van der Waals surface area contributed by atoms with Gasteiger partial charge in [-0.2, -0.15) is 0 Å². The van der Waals surface area contributed by atoms with Gasteiger partial charge >= 0.3 is 0 Å². The molecule has 4 heteroatoms. The normalized spacial score (nSPS) is 14.0. The van der Waals surface area contributed by atoms with E-state index in [2.05, 4.69) is 4.98 Å². The quantitative estimate of drug-likeness (QED) is 0.699. The molecule has 0 fully saturated rings. The predicted molar refractivity (Wildman–Crippen MR) is 70.1 cm³/mol. The van der Waals surface area contributed by atoms with Crippen molar-refractivity contribution < 1.29 is 14.3 Å². The Kier molecular flexibility index (Phi) is 5.28. The smallest absolute Gasteiger partial charge is 0.195 e. The van der Waals surface area contributed by atoms with E-state index in [1.54, 1.807) is 32.5 Å². The average molecular weight is 251 g/mol. The van der Waals surface area contributed by atoms with Gasteiger partial charge < -0.3 is 9.47 Å². The van der Waals surface area contributed by atoms with E-state index < -0.39 is 5.60 Å². The van der Waals surface area contributed by atoms with Crippen LogP contribution < -0.4 is 4.74 Å². The fourth-order valence-corrected chi connectivity index (χ4v) is 1.54. The van der Waals surface area contributed by atoms with E-state index in [9.17, 15) is 4.79 Å². The van der Waals surface area contributed by atoms with Crippen LogP contribution in [0.25, 0.3) is 0 Å². The van der Waals surface area contributed by atoms with Gasteiger partial charge in [0, 0.05) is 18.9 Å². The topological polar surface area (TPSA) is 48.4 Å². The first-order valence-corrected chi connectivity index (χ1v) is 6.25. The number of Topliss-reactive ketones (excluding diaryl/α,β-unsaturated/α-hetero) is 1. The molecule has 1 heterocycles. The van der Waals surface area contributed by atoms with Crippen molar-refractivity contribution in [1.82, 2.24) is 4.98 Å². The van der Waals surface area contributed by atoms with Crippen molar-refractivity contribution in [2.45, 2.75) is 39.2 Å². The second-order valence-electron chi connectivity index (χ2n) is 4.38. The van der Waals surface area contributed by atoms with Crippen molar-refractivity contribution in [2.75, 3.05) is 13.7 Å². The third kappa shape index (κ3) is 3.29. The largest absolute Gasteiger partial charge is 0.492 e. The molecule has 0 spiro atoms. The molecule has 0 aliphatic rings. The maximum Gasteiger partial charge on any atom is 0.195 e. The Bertz CT molecular complexity index is 400. The molecule has 0 bridgehead atoms. The van der Waals surface area contributed by atoms with Crippen LogP contribution in [0.15, 0.2) is 18.5 Å². The van der Waals surface area contributed by atoms with Gasteiger partial charge in [0.05, 0.1) is 12.8 Å². The predicted octanol–water partition coefficient (Wildman–Crippen LogP) is 2.87. The van der Waals surface area contributed by atoms with Crippen LogP contribution in [0.2, 0.25) is 0 Å². The maximum atomic E-state index is 12.3. The van der Waals surface area contributed by atoms with Gasteiger partial charge in [-0.1, -0.05) is 13.8 Å². The lowest BCUT2D eigenvalue weighted by Crippen LogP contribution is -2.36. The lowest BCUT2D eigenvalue weighted by atomic mass is 9.93. The Morgan fingerprint density at radius 1 is 1.39 bits per heavy atom. The molecule has 18 heavy (non-hydrogen) atoms. The van der Waals surface area contributed by atoms with Crippen molar-refractivity contribution in [3.8, 4) is 5.75 Å². The highest BCUT2D eigenvalue weighted by atomic mass is 16.5. The Morgan fingerprint density at radius 2 is 2.11 bits per heavy atom. The van der Waals surface area contributed by atoms with E-state index in [0.29, 0.717) is 24.3 Å². The number of ketones is 1. The van der Waals surface area contributed by atoms with Gasteiger partial charge in [-0.3, -0.25) is 9.78 Å². The van der Waals surface area contributed by atoms with Gasteiger partial charge in [-0.15, -0.1) is 0 Å². The number of methoxy groups -OCH3 is 1. The summed E-state index contributed by atoms with van der Waals surface area (Å²) < 4.78 is 10.8. The summed E-state index contributed by atoms with van der Waals surface area (Å²) in [5.41, 5.74) is -0.278. The average Bonchev–Trinajstić information content (AvgIpc) is 2.43. The van der Waals surface area contributed by atoms with Crippen LogP contribution in [0.5, 0.6) is 5.75 Å². The number of carbonyl (C=O) groups excluding carboxylic acids is 1. The van der Waals surface area contributed by atoms with Crippen LogP contribution in [0.4, 0.5) is 0 Å². The monoisotopic (exact) mass is 251 g/mol. The van der Waals surface area contributed by atoms with Crippen molar-refractivity contribution in [3.05, 3.63) is 24.0 Å². The molecule has 1 aromatic rings. The molecular formula is C14H21NO3. The third-order valence-corrected chi connectivity index (χ3v) is 3.05. The molecule has 0 aromatic carbocycles. The Hall–Kier alpha value is -1.42. The molecule has 100 valence electrons. The number of rotatable bonds is 7. The summed E-state index contributed by atoms with van der Waals surface area (Å²) in [5.74, 6) is 0.555. The van der Waals surface area contributed by atoms with Gasteiger partial charge in [0.25, 0.3) is 0 Å². The molecule has 0 amide bonds. The number of hydrogen-bond acceptors (Lipinski definition) is 4. The highest BCUT2D eigenvalue weighted by Crippen LogP contribution is 2.22. The molecule has 0 radical (unpaired) electrons. The zero-order valence-corrected chi connectivity index (χ0v) is 11.5. The van der Waals surface area contributed by atoms with Crippen LogP contribution in [0.3, 0.4) is 0 Å². The number of aromatic nitrogens is 1. The van der Waals surface area contributed by atoms with Crippen LogP contribution in [0, 0.1) is 0 Å². The summed E-state index contributed by atoms with van der Waals surface area (Å²) in [6.45, 7) is 6.36. The summed E-state index contributed by atoms with van der Waals surface area (Å²) in [7, 11) is 1.55. The van der Waals surface area contributed by atoms with Gasteiger partial charge in [0.2, 0.25) is 0 Å². The van der Waals surface area contributed by atoms with E-state index in [0.717, 1.165) is 6.42 Å². The number of ether oxygens (including phenoxy) is 2. The Morgan fingerprint density at radius 3 is 2.67 bits per heavy atom. The molecule has 1 aromatic heterocycles. The van der Waals surface area contributed by atoms with Gasteiger partial charge in [-0.25, -0.2) is 0 Å². The molecule has 1 rings (SSSR count). The molecule has 0 saturated carbocycles. The zero-order chi connectivity index (χ0) is 13.6.